The zero-order valence-corrected chi connectivity index (χ0v) is 17.4. The van der Waals surface area contributed by atoms with Crippen molar-refractivity contribution in [1.29, 1.82) is 0 Å². The maximum atomic E-state index is 4.69. The van der Waals surface area contributed by atoms with Crippen LogP contribution >= 0.6 is 0 Å². The second-order valence-electron chi connectivity index (χ2n) is 8.13. The maximum absolute atomic E-state index is 4.69. The number of rotatable bonds is 3. The number of pyridine rings is 3. The van der Waals surface area contributed by atoms with E-state index >= 15 is 0 Å². The highest BCUT2D eigenvalue weighted by Gasteiger charge is 2.16. The Morgan fingerprint density at radius 1 is 0.871 bits per heavy atom. The first kappa shape index (κ1) is 18.1. The number of H-pyrrole nitrogens is 1. The van der Waals surface area contributed by atoms with E-state index in [1.807, 2.05) is 41.5 Å². The highest BCUT2D eigenvalue weighted by molar-refractivity contribution is 5.95. The van der Waals surface area contributed by atoms with Crippen molar-refractivity contribution in [3.63, 3.8) is 0 Å². The van der Waals surface area contributed by atoms with E-state index in [1.165, 1.54) is 0 Å². The van der Waals surface area contributed by atoms with E-state index in [0.29, 0.717) is 0 Å². The lowest BCUT2D eigenvalue weighted by Crippen LogP contribution is -2.44. The van der Waals surface area contributed by atoms with Crippen molar-refractivity contribution in [3.8, 4) is 22.3 Å². The molecular formula is C24H23N7. The highest BCUT2D eigenvalue weighted by atomic mass is 15.3. The molecule has 1 fully saturated rings. The smallest absolute Gasteiger partial charge is 0.137 e. The minimum absolute atomic E-state index is 0.887. The molecule has 0 saturated carbocycles. The summed E-state index contributed by atoms with van der Waals surface area (Å²) in [6.07, 6.45) is 11.8. The van der Waals surface area contributed by atoms with Crippen molar-refractivity contribution >= 4 is 22.5 Å². The Hall–Kier alpha value is -3.71. The molecule has 1 aliphatic heterocycles. The van der Waals surface area contributed by atoms with Gasteiger partial charge in [0.15, 0.2) is 0 Å². The Balaban J connectivity index is 1.39. The first-order chi connectivity index (χ1) is 15.2. The molecule has 6 rings (SSSR count). The molecule has 1 N–H and O–H groups in total. The monoisotopic (exact) mass is 409 g/mol. The average molecular weight is 409 g/mol. The number of piperazine rings is 1. The van der Waals surface area contributed by atoms with Crippen LogP contribution in [0.4, 0.5) is 5.82 Å². The predicted molar refractivity (Wildman–Crippen MR) is 123 cm³/mol. The maximum Gasteiger partial charge on any atom is 0.137 e. The molecule has 0 spiro atoms. The van der Waals surface area contributed by atoms with Gasteiger partial charge in [-0.05, 0) is 42.9 Å². The second kappa shape index (κ2) is 7.21. The molecule has 154 valence electrons. The van der Waals surface area contributed by atoms with E-state index in [0.717, 1.165) is 70.9 Å². The Morgan fingerprint density at radius 3 is 2.68 bits per heavy atom. The molecule has 0 radical (unpaired) electrons. The van der Waals surface area contributed by atoms with Crippen LogP contribution in [0.3, 0.4) is 0 Å². The van der Waals surface area contributed by atoms with Gasteiger partial charge in [0.1, 0.15) is 17.1 Å². The number of hydrogen-bond acceptors (Lipinski definition) is 5. The molecule has 6 heterocycles. The molecule has 7 heteroatoms. The van der Waals surface area contributed by atoms with Crippen molar-refractivity contribution in [2.45, 2.75) is 0 Å². The molecule has 0 bridgehead atoms. The third kappa shape index (κ3) is 3.23. The zero-order valence-electron chi connectivity index (χ0n) is 17.4. The summed E-state index contributed by atoms with van der Waals surface area (Å²) in [6, 6.07) is 10.6. The van der Waals surface area contributed by atoms with Gasteiger partial charge in [0, 0.05) is 85.4 Å². The summed E-state index contributed by atoms with van der Waals surface area (Å²) in [5.74, 6) is 1.03. The third-order valence-corrected chi connectivity index (χ3v) is 6.14. The van der Waals surface area contributed by atoms with Gasteiger partial charge in [0.2, 0.25) is 0 Å². The number of fused-ring (bicyclic) bond motifs is 2. The van der Waals surface area contributed by atoms with Gasteiger partial charge in [-0.1, -0.05) is 0 Å². The number of aromatic amines is 1. The van der Waals surface area contributed by atoms with Crippen LogP contribution in [0.5, 0.6) is 0 Å². The number of anilines is 1. The van der Waals surface area contributed by atoms with Crippen LogP contribution in [-0.4, -0.2) is 62.5 Å². The van der Waals surface area contributed by atoms with Gasteiger partial charge in [-0.15, -0.1) is 0 Å². The molecule has 1 aliphatic rings. The zero-order chi connectivity index (χ0) is 20.8. The lowest BCUT2D eigenvalue weighted by Gasteiger charge is -2.33. The quantitative estimate of drug-likeness (QED) is 0.492. The van der Waals surface area contributed by atoms with E-state index in [9.17, 15) is 0 Å². The Kier molecular flexibility index (Phi) is 4.21. The summed E-state index contributed by atoms with van der Waals surface area (Å²) in [4.78, 5) is 21.7. The van der Waals surface area contributed by atoms with Crippen molar-refractivity contribution in [2.75, 3.05) is 38.1 Å². The van der Waals surface area contributed by atoms with Crippen molar-refractivity contribution in [1.82, 2.24) is 29.2 Å². The standard InChI is InChI=1S/C24H23N7/c1-29-8-10-30(11-9-29)23-13-17(4-5-25-23)19-12-20-21(15-28-24(20)27-14-19)18-2-3-22-26-6-7-31(22)16-18/h2-7,12-16H,8-11H2,1H3,(H,27,28). The van der Waals surface area contributed by atoms with E-state index in [1.54, 1.807) is 0 Å². The molecular weight excluding hydrogens is 386 g/mol. The molecule has 7 nitrogen and oxygen atoms in total. The number of nitrogens with zero attached hydrogens (tertiary/aromatic N) is 6. The normalized spacial score (nSPS) is 15.2. The lowest BCUT2D eigenvalue weighted by atomic mass is 10.0. The number of hydrogen-bond donors (Lipinski definition) is 1. The van der Waals surface area contributed by atoms with E-state index in [4.69, 9.17) is 4.98 Å². The fourth-order valence-electron chi connectivity index (χ4n) is 4.29. The summed E-state index contributed by atoms with van der Waals surface area (Å²) in [5, 5.41) is 1.11. The number of likely N-dealkylation sites (N-methyl/N-ethyl adjacent to an activating group) is 1. The van der Waals surface area contributed by atoms with Gasteiger partial charge in [-0.3, -0.25) is 0 Å². The summed E-state index contributed by atoms with van der Waals surface area (Å²) in [6.45, 7) is 4.13. The summed E-state index contributed by atoms with van der Waals surface area (Å²) in [5.41, 5.74) is 6.32. The van der Waals surface area contributed by atoms with Gasteiger partial charge in [-0.25, -0.2) is 15.0 Å². The number of aromatic nitrogens is 5. The minimum atomic E-state index is 0.887. The predicted octanol–water partition coefficient (Wildman–Crippen LogP) is 3.69. The van der Waals surface area contributed by atoms with E-state index < -0.39 is 0 Å². The van der Waals surface area contributed by atoms with Crippen LogP contribution in [0.25, 0.3) is 38.9 Å². The third-order valence-electron chi connectivity index (χ3n) is 6.14. The Labute approximate surface area is 180 Å². The van der Waals surface area contributed by atoms with Gasteiger partial charge in [-0.2, -0.15) is 0 Å². The molecule has 0 aliphatic carbocycles. The summed E-state index contributed by atoms with van der Waals surface area (Å²) >= 11 is 0. The fraction of sp³-hybridized carbons (Fsp3) is 0.208. The van der Waals surface area contributed by atoms with Gasteiger partial charge in [0.25, 0.3) is 0 Å². The Morgan fingerprint density at radius 2 is 1.77 bits per heavy atom. The fourth-order valence-corrected chi connectivity index (χ4v) is 4.29. The molecule has 31 heavy (non-hydrogen) atoms. The molecule has 5 aromatic heterocycles. The van der Waals surface area contributed by atoms with Crippen molar-refractivity contribution in [2.24, 2.45) is 0 Å². The first-order valence-corrected chi connectivity index (χ1v) is 10.5. The SMILES string of the molecule is CN1CCN(c2cc(-c3cnc4[nH]cc(-c5ccc6nccn6c5)c4c3)ccn2)CC1. The molecule has 0 atom stereocenters. The van der Waals surface area contributed by atoms with Gasteiger partial charge in [0.05, 0.1) is 0 Å². The van der Waals surface area contributed by atoms with Crippen LogP contribution < -0.4 is 4.90 Å². The van der Waals surface area contributed by atoms with Crippen LogP contribution in [-0.2, 0) is 0 Å². The Bertz CT molecular complexity index is 1380. The van der Waals surface area contributed by atoms with Crippen LogP contribution in [0.1, 0.15) is 0 Å². The summed E-state index contributed by atoms with van der Waals surface area (Å²) < 4.78 is 2.04. The van der Waals surface area contributed by atoms with Gasteiger partial charge < -0.3 is 19.2 Å². The summed E-state index contributed by atoms with van der Waals surface area (Å²) in [7, 11) is 2.17. The van der Waals surface area contributed by atoms with E-state index in [2.05, 4.69) is 62.3 Å². The molecule has 0 amide bonds. The van der Waals surface area contributed by atoms with Crippen molar-refractivity contribution in [3.05, 3.63) is 67.5 Å². The van der Waals surface area contributed by atoms with Crippen LogP contribution in [0, 0.1) is 0 Å². The van der Waals surface area contributed by atoms with Crippen LogP contribution in [0.15, 0.2) is 67.5 Å². The largest absolute Gasteiger partial charge is 0.354 e. The minimum Gasteiger partial charge on any atom is -0.354 e. The first-order valence-electron chi connectivity index (χ1n) is 10.5. The average Bonchev–Trinajstić information content (AvgIpc) is 3.45. The molecule has 5 aromatic rings. The molecule has 1 saturated heterocycles. The number of imidazole rings is 1. The topological polar surface area (TPSA) is 65.3 Å². The molecule has 0 aromatic carbocycles. The van der Waals surface area contributed by atoms with Gasteiger partial charge >= 0.3 is 0 Å². The second-order valence-corrected chi connectivity index (χ2v) is 8.13. The molecule has 0 unspecified atom stereocenters. The van der Waals surface area contributed by atoms with E-state index in [-0.39, 0.29) is 0 Å². The lowest BCUT2D eigenvalue weighted by molar-refractivity contribution is 0.312. The highest BCUT2D eigenvalue weighted by Crippen LogP contribution is 2.32. The van der Waals surface area contributed by atoms with Crippen LogP contribution in [0.2, 0.25) is 0 Å². The number of nitrogens with one attached hydrogen (secondary N) is 1. The van der Waals surface area contributed by atoms with Crippen molar-refractivity contribution < 1.29 is 0 Å².